The molecule has 0 aromatic heterocycles. The molecule has 3 rings (SSSR count). The molecule has 3 N–H and O–H groups in total. The van der Waals surface area contributed by atoms with Crippen LogP contribution in [0, 0.1) is 3.57 Å². The minimum Gasteiger partial charge on any atom is -0.327 e. The lowest BCUT2D eigenvalue weighted by molar-refractivity contribution is -0.113. The van der Waals surface area contributed by atoms with Crippen molar-refractivity contribution in [3.8, 4) is 0 Å². The third-order valence-corrected chi connectivity index (χ3v) is 4.79. The van der Waals surface area contributed by atoms with Crippen LogP contribution in [0.4, 0.5) is 10.5 Å². The van der Waals surface area contributed by atoms with Gasteiger partial charge in [0.2, 0.25) is 0 Å². The minimum atomic E-state index is -0.546. The van der Waals surface area contributed by atoms with Crippen LogP contribution in [0.15, 0.2) is 59.8 Å². The maximum absolute atomic E-state index is 12.8. The highest BCUT2D eigenvalue weighted by Gasteiger charge is 2.31. The molecular formula is C18H15ClIN3O2. The molecule has 3 amide bonds. The Bertz CT molecular complexity index is 848. The lowest BCUT2D eigenvalue weighted by atomic mass is 9.95. The summed E-state index contributed by atoms with van der Waals surface area (Å²) in [5.41, 5.74) is 2.45. The molecule has 0 fully saturated rings. The van der Waals surface area contributed by atoms with Crippen LogP contribution in [0.25, 0.3) is 0 Å². The Labute approximate surface area is 164 Å². The number of nitrogens with one attached hydrogen (secondary N) is 3. The number of carbonyl (C=O) groups excluding carboxylic acids is 2. The van der Waals surface area contributed by atoms with Crippen LogP contribution in [0.5, 0.6) is 0 Å². The molecule has 2 aromatic carbocycles. The monoisotopic (exact) mass is 467 g/mol. The van der Waals surface area contributed by atoms with E-state index in [9.17, 15) is 9.59 Å². The summed E-state index contributed by atoms with van der Waals surface area (Å²) in [5.74, 6) is -0.272. The number of hydrogen-bond donors (Lipinski definition) is 3. The number of carbonyl (C=O) groups is 2. The van der Waals surface area contributed by atoms with Gasteiger partial charge < -0.3 is 16.0 Å². The zero-order valence-electron chi connectivity index (χ0n) is 13.3. The average molecular weight is 468 g/mol. The Morgan fingerprint density at radius 2 is 1.76 bits per heavy atom. The first kappa shape index (κ1) is 17.8. The van der Waals surface area contributed by atoms with Gasteiger partial charge in [0.25, 0.3) is 5.91 Å². The summed E-state index contributed by atoms with van der Waals surface area (Å²) in [7, 11) is 0. The van der Waals surface area contributed by atoms with Gasteiger partial charge in [-0.15, -0.1) is 0 Å². The molecule has 5 nitrogen and oxygen atoms in total. The second-order valence-corrected chi connectivity index (χ2v) is 7.26. The van der Waals surface area contributed by atoms with Crippen LogP contribution in [0.2, 0.25) is 5.02 Å². The Morgan fingerprint density at radius 3 is 2.40 bits per heavy atom. The van der Waals surface area contributed by atoms with Crippen LogP contribution >= 0.6 is 34.2 Å². The summed E-state index contributed by atoms with van der Waals surface area (Å²) in [5, 5.41) is 8.92. The van der Waals surface area contributed by atoms with Gasteiger partial charge in [-0.3, -0.25) is 4.79 Å². The molecule has 25 heavy (non-hydrogen) atoms. The van der Waals surface area contributed by atoms with E-state index in [1.165, 1.54) is 0 Å². The lowest BCUT2D eigenvalue weighted by Crippen LogP contribution is -2.45. The van der Waals surface area contributed by atoms with Gasteiger partial charge in [0.15, 0.2) is 0 Å². The van der Waals surface area contributed by atoms with Gasteiger partial charge >= 0.3 is 6.03 Å². The molecule has 1 atom stereocenters. The molecule has 7 heteroatoms. The Hall–Kier alpha value is -2.06. The van der Waals surface area contributed by atoms with Crippen molar-refractivity contribution in [1.29, 1.82) is 0 Å². The fourth-order valence-electron chi connectivity index (χ4n) is 2.63. The summed E-state index contributed by atoms with van der Waals surface area (Å²) in [6, 6.07) is 13.7. The quantitative estimate of drug-likeness (QED) is 0.592. The van der Waals surface area contributed by atoms with Crippen LogP contribution in [0.3, 0.4) is 0 Å². The van der Waals surface area contributed by atoms with Crippen LogP contribution in [-0.2, 0) is 4.79 Å². The highest BCUT2D eigenvalue weighted by Crippen LogP contribution is 2.28. The first-order valence-electron chi connectivity index (χ1n) is 7.54. The lowest BCUT2D eigenvalue weighted by Gasteiger charge is -2.28. The van der Waals surface area contributed by atoms with Crippen LogP contribution < -0.4 is 16.0 Å². The molecule has 2 aromatic rings. The molecule has 0 spiro atoms. The third-order valence-electron chi connectivity index (χ3n) is 3.82. The van der Waals surface area contributed by atoms with Crippen molar-refractivity contribution in [1.82, 2.24) is 10.6 Å². The Balaban J connectivity index is 1.92. The van der Waals surface area contributed by atoms with Crippen molar-refractivity contribution in [3.63, 3.8) is 0 Å². The number of halogens is 2. The minimum absolute atomic E-state index is 0.272. The standard InChI is InChI=1S/C18H15ClIN3O2/c1-10-15(17(24)22-14-8-6-13(20)7-9-14)16(23-18(25)21-10)11-2-4-12(19)5-3-11/h2-9,16H,1H3,(H,22,24)(H2,21,23,25)/t16-/m0/s1. The molecule has 0 unspecified atom stereocenters. The van der Waals surface area contributed by atoms with Crippen molar-refractivity contribution < 1.29 is 9.59 Å². The topological polar surface area (TPSA) is 70.2 Å². The summed E-state index contributed by atoms with van der Waals surface area (Å²) in [6.07, 6.45) is 0. The van der Waals surface area contributed by atoms with Crippen molar-refractivity contribution in [2.45, 2.75) is 13.0 Å². The number of allylic oxidation sites excluding steroid dienone is 1. The second kappa shape index (κ2) is 7.45. The van der Waals surface area contributed by atoms with E-state index in [4.69, 9.17) is 11.6 Å². The molecule has 0 saturated carbocycles. The predicted octanol–water partition coefficient (Wildman–Crippen LogP) is 4.21. The van der Waals surface area contributed by atoms with Gasteiger partial charge in [-0.05, 0) is 71.5 Å². The highest BCUT2D eigenvalue weighted by molar-refractivity contribution is 14.1. The number of amides is 3. The molecule has 0 aliphatic carbocycles. The molecule has 0 saturated heterocycles. The summed E-state index contributed by atoms with van der Waals surface area (Å²) in [6.45, 7) is 1.71. The highest BCUT2D eigenvalue weighted by atomic mass is 127. The van der Waals surface area contributed by atoms with E-state index in [1.54, 1.807) is 31.2 Å². The van der Waals surface area contributed by atoms with E-state index in [0.29, 0.717) is 22.0 Å². The Kier molecular flexibility index (Phi) is 5.29. The average Bonchev–Trinajstić information content (AvgIpc) is 2.57. The fourth-order valence-corrected chi connectivity index (χ4v) is 3.12. The summed E-state index contributed by atoms with van der Waals surface area (Å²) < 4.78 is 1.08. The number of urea groups is 1. The number of hydrogen-bond acceptors (Lipinski definition) is 2. The van der Waals surface area contributed by atoms with Gasteiger partial charge in [0.1, 0.15) is 0 Å². The molecule has 0 bridgehead atoms. The normalized spacial score (nSPS) is 16.9. The van der Waals surface area contributed by atoms with Crippen LogP contribution in [-0.4, -0.2) is 11.9 Å². The molecule has 1 aliphatic heterocycles. The fraction of sp³-hybridized carbons (Fsp3) is 0.111. The second-order valence-electron chi connectivity index (χ2n) is 5.58. The van der Waals surface area contributed by atoms with Gasteiger partial charge in [0, 0.05) is 20.0 Å². The first-order chi connectivity index (χ1) is 11.9. The third kappa shape index (κ3) is 4.13. The van der Waals surface area contributed by atoms with Crippen molar-refractivity contribution in [2.24, 2.45) is 0 Å². The van der Waals surface area contributed by atoms with E-state index < -0.39 is 6.04 Å². The van der Waals surface area contributed by atoms with Gasteiger partial charge in [-0.25, -0.2) is 4.79 Å². The van der Waals surface area contributed by atoms with Crippen molar-refractivity contribution >= 4 is 51.8 Å². The van der Waals surface area contributed by atoms with Gasteiger partial charge in [-0.1, -0.05) is 23.7 Å². The summed E-state index contributed by atoms with van der Waals surface area (Å²) >= 11 is 8.14. The molecule has 1 aliphatic rings. The van der Waals surface area contributed by atoms with Gasteiger partial charge in [-0.2, -0.15) is 0 Å². The number of anilines is 1. The van der Waals surface area contributed by atoms with E-state index >= 15 is 0 Å². The smallest absolute Gasteiger partial charge is 0.319 e. The van der Waals surface area contributed by atoms with Crippen molar-refractivity contribution in [3.05, 3.63) is 74.0 Å². The van der Waals surface area contributed by atoms with E-state index in [1.807, 2.05) is 24.3 Å². The molecule has 128 valence electrons. The number of rotatable bonds is 3. The zero-order valence-corrected chi connectivity index (χ0v) is 16.2. The van der Waals surface area contributed by atoms with Gasteiger partial charge in [0.05, 0.1) is 11.6 Å². The maximum Gasteiger partial charge on any atom is 0.319 e. The first-order valence-corrected chi connectivity index (χ1v) is 9.00. The molecule has 0 radical (unpaired) electrons. The van der Waals surface area contributed by atoms with Crippen LogP contribution in [0.1, 0.15) is 18.5 Å². The largest absolute Gasteiger partial charge is 0.327 e. The van der Waals surface area contributed by atoms with E-state index in [2.05, 4.69) is 38.5 Å². The predicted molar refractivity (Wildman–Crippen MR) is 106 cm³/mol. The number of benzene rings is 2. The van der Waals surface area contributed by atoms with E-state index in [0.717, 1.165) is 9.13 Å². The SMILES string of the molecule is CC1=C(C(=O)Nc2ccc(I)cc2)[C@H](c2ccc(Cl)cc2)NC(=O)N1. The summed E-state index contributed by atoms with van der Waals surface area (Å²) in [4.78, 5) is 24.7. The molecular weight excluding hydrogens is 453 g/mol. The maximum atomic E-state index is 12.8. The van der Waals surface area contributed by atoms with E-state index in [-0.39, 0.29) is 11.9 Å². The zero-order chi connectivity index (χ0) is 18.0. The Morgan fingerprint density at radius 1 is 1.12 bits per heavy atom. The molecule has 1 heterocycles. The van der Waals surface area contributed by atoms with Crippen molar-refractivity contribution in [2.75, 3.05) is 5.32 Å².